The van der Waals surface area contributed by atoms with E-state index < -0.39 is 10.0 Å². The van der Waals surface area contributed by atoms with Crippen molar-refractivity contribution in [2.75, 3.05) is 13.1 Å². The van der Waals surface area contributed by atoms with Gasteiger partial charge >= 0.3 is 0 Å². The van der Waals surface area contributed by atoms with E-state index in [1.807, 2.05) is 30.3 Å². The van der Waals surface area contributed by atoms with Gasteiger partial charge < -0.3 is 9.26 Å². The van der Waals surface area contributed by atoms with Gasteiger partial charge in [0.15, 0.2) is 6.61 Å². The van der Waals surface area contributed by atoms with Crippen LogP contribution in [0.1, 0.15) is 25.2 Å². The summed E-state index contributed by atoms with van der Waals surface area (Å²) in [6.45, 7) is 1.33. The van der Waals surface area contributed by atoms with Crippen LogP contribution in [0.5, 0.6) is 5.75 Å². The van der Waals surface area contributed by atoms with Crippen LogP contribution >= 0.6 is 0 Å². The number of nitrogens with zero attached hydrogens (tertiary/aromatic N) is 3. The van der Waals surface area contributed by atoms with E-state index in [0.29, 0.717) is 30.4 Å². The highest BCUT2D eigenvalue weighted by molar-refractivity contribution is 7.89. The van der Waals surface area contributed by atoms with Crippen molar-refractivity contribution in [1.82, 2.24) is 14.4 Å². The Labute approximate surface area is 164 Å². The SMILES string of the molecule is O=S(=O)(c1ccc(-c2noc(COc3ccccc3)n2)cc1)N1CCCCC1. The van der Waals surface area contributed by atoms with Crippen molar-refractivity contribution in [2.45, 2.75) is 30.8 Å². The van der Waals surface area contributed by atoms with E-state index in [4.69, 9.17) is 9.26 Å². The third-order valence-corrected chi connectivity index (χ3v) is 6.55. The maximum Gasteiger partial charge on any atom is 0.264 e. The van der Waals surface area contributed by atoms with Gasteiger partial charge in [0.25, 0.3) is 5.89 Å². The van der Waals surface area contributed by atoms with Gasteiger partial charge in [-0.15, -0.1) is 0 Å². The second-order valence-electron chi connectivity index (χ2n) is 6.60. The largest absolute Gasteiger partial charge is 0.484 e. The number of para-hydroxylation sites is 1. The maximum atomic E-state index is 12.7. The zero-order valence-corrected chi connectivity index (χ0v) is 16.1. The molecule has 1 saturated heterocycles. The summed E-state index contributed by atoms with van der Waals surface area (Å²) in [5.41, 5.74) is 0.687. The van der Waals surface area contributed by atoms with Crippen LogP contribution in [0.2, 0.25) is 0 Å². The molecule has 1 aliphatic heterocycles. The highest BCUT2D eigenvalue weighted by Gasteiger charge is 2.25. The molecule has 146 valence electrons. The number of aromatic nitrogens is 2. The molecule has 2 aromatic carbocycles. The van der Waals surface area contributed by atoms with Gasteiger partial charge in [-0.1, -0.05) is 29.8 Å². The molecule has 0 N–H and O–H groups in total. The number of benzene rings is 2. The summed E-state index contributed by atoms with van der Waals surface area (Å²) in [4.78, 5) is 4.60. The molecule has 2 heterocycles. The van der Waals surface area contributed by atoms with Gasteiger partial charge in [0, 0.05) is 18.7 Å². The Kier molecular flexibility index (Phi) is 5.40. The number of ether oxygens (including phenoxy) is 1. The van der Waals surface area contributed by atoms with Gasteiger partial charge in [0.2, 0.25) is 15.8 Å². The number of rotatable bonds is 6. The first-order chi connectivity index (χ1) is 13.6. The first-order valence-corrected chi connectivity index (χ1v) is 10.7. The van der Waals surface area contributed by atoms with E-state index in [1.165, 1.54) is 0 Å². The fraction of sp³-hybridized carbons (Fsp3) is 0.300. The molecule has 8 heteroatoms. The van der Waals surface area contributed by atoms with Crippen molar-refractivity contribution in [3.63, 3.8) is 0 Å². The predicted molar refractivity (Wildman–Crippen MR) is 103 cm³/mol. The van der Waals surface area contributed by atoms with Gasteiger partial charge in [-0.3, -0.25) is 0 Å². The van der Waals surface area contributed by atoms with Gasteiger partial charge in [-0.2, -0.15) is 9.29 Å². The number of sulfonamides is 1. The third-order valence-electron chi connectivity index (χ3n) is 4.64. The Hall–Kier alpha value is -2.71. The minimum Gasteiger partial charge on any atom is -0.484 e. The van der Waals surface area contributed by atoms with Crippen molar-refractivity contribution in [3.05, 3.63) is 60.5 Å². The number of hydrogen-bond acceptors (Lipinski definition) is 6. The van der Waals surface area contributed by atoms with Crippen molar-refractivity contribution < 1.29 is 17.7 Å². The Balaban J connectivity index is 1.45. The lowest BCUT2D eigenvalue weighted by Gasteiger charge is -2.25. The molecule has 0 radical (unpaired) electrons. The molecular weight excluding hydrogens is 378 g/mol. The highest BCUT2D eigenvalue weighted by atomic mass is 32.2. The second-order valence-corrected chi connectivity index (χ2v) is 8.54. The fourth-order valence-electron chi connectivity index (χ4n) is 3.12. The Bertz CT molecular complexity index is 1010. The summed E-state index contributed by atoms with van der Waals surface area (Å²) in [5, 5.41) is 3.95. The van der Waals surface area contributed by atoms with Crippen LogP contribution in [0.3, 0.4) is 0 Å². The molecule has 0 bridgehead atoms. The standard InChI is InChI=1S/C20H21N3O4S/c24-28(25,23-13-5-2-6-14-23)18-11-9-16(10-12-18)20-21-19(27-22-20)15-26-17-7-3-1-4-8-17/h1,3-4,7-12H,2,5-6,13-15H2. The van der Waals surface area contributed by atoms with Crippen LogP contribution in [0.15, 0.2) is 64.0 Å². The van der Waals surface area contributed by atoms with E-state index in [1.54, 1.807) is 28.6 Å². The normalized spacial score (nSPS) is 15.4. The molecule has 28 heavy (non-hydrogen) atoms. The van der Waals surface area contributed by atoms with Crippen LogP contribution in [-0.4, -0.2) is 36.0 Å². The van der Waals surface area contributed by atoms with E-state index in [2.05, 4.69) is 10.1 Å². The van der Waals surface area contributed by atoms with Crippen LogP contribution in [0.4, 0.5) is 0 Å². The van der Waals surface area contributed by atoms with Gasteiger partial charge in [-0.25, -0.2) is 8.42 Å². The lowest BCUT2D eigenvalue weighted by atomic mass is 10.2. The molecule has 0 saturated carbocycles. The quantitative estimate of drug-likeness (QED) is 0.631. The monoisotopic (exact) mass is 399 g/mol. The summed E-state index contributed by atoms with van der Waals surface area (Å²) >= 11 is 0. The Morgan fingerprint density at radius 3 is 2.39 bits per heavy atom. The van der Waals surface area contributed by atoms with E-state index in [9.17, 15) is 8.42 Å². The van der Waals surface area contributed by atoms with Crippen LogP contribution in [0.25, 0.3) is 11.4 Å². The van der Waals surface area contributed by atoms with Gasteiger partial charge in [0.05, 0.1) is 4.90 Å². The van der Waals surface area contributed by atoms with Crippen LogP contribution in [0, 0.1) is 0 Å². The zero-order valence-electron chi connectivity index (χ0n) is 15.3. The van der Waals surface area contributed by atoms with Crippen molar-refractivity contribution in [2.24, 2.45) is 0 Å². The Morgan fingerprint density at radius 1 is 0.964 bits per heavy atom. The average molecular weight is 399 g/mol. The van der Waals surface area contributed by atoms with Crippen LogP contribution < -0.4 is 4.74 Å². The van der Waals surface area contributed by atoms with Crippen molar-refractivity contribution in [3.8, 4) is 17.1 Å². The topological polar surface area (TPSA) is 85.5 Å². The fourth-order valence-corrected chi connectivity index (χ4v) is 4.64. The molecule has 1 fully saturated rings. The maximum absolute atomic E-state index is 12.7. The predicted octanol–water partition coefficient (Wildman–Crippen LogP) is 3.49. The first-order valence-electron chi connectivity index (χ1n) is 9.24. The highest BCUT2D eigenvalue weighted by Crippen LogP contribution is 2.23. The van der Waals surface area contributed by atoms with Crippen molar-refractivity contribution >= 4 is 10.0 Å². The number of piperidine rings is 1. The van der Waals surface area contributed by atoms with Gasteiger partial charge in [-0.05, 0) is 49.2 Å². The molecule has 7 nitrogen and oxygen atoms in total. The lowest BCUT2D eigenvalue weighted by molar-refractivity contribution is 0.243. The number of hydrogen-bond donors (Lipinski definition) is 0. The molecule has 1 aliphatic rings. The average Bonchev–Trinajstić information content (AvgIpc) is 3.23. The summed E-state index contributed by atoms with van der Waals surface area (Å²) in [6, 6.07) is 15.9. The molecule has 3 aromatic rings. The van der Waals surface area contributed by atoms with Gasteiger partial charge in [0.1, 0.15) is 5.75 Å². The van der Waals surface area contributed by atoms with E-state index >= 15 is 0 Å². The molecule has 0 atom stereocenters. The molecule has 4 rings (SSSR count). The molecule has 0 aliphatic carbocycles. The summed E-state index contributed by atoms with van der Waals surface area (Å²) in [7, 11) is -3.45. The Morgan fingerprint density at radius 2 is 1.68 bits per heavy atom. The summed E-state index contributed by atoms with van der Waals surface area (Å²) in [6.07, 6.45) is 2.90. The van der Waals surface area contributed by atoms with E-state index in [-0.39, 0.29) is 11.5 Å². The smallest absolute Gasteiger partial charge is 0.264 e. The summed E-state index contributed by atoms with van der Waals surface area (Å²) in [5.74, 6) is 1.46. The lowest BCUT2D eigenvalue weighted by Crippen LogP contribution is -2.35. The minimum absolute atomic E-state index is 0.165. The van der Waals surface area contributed by atoms with Crippen molar-refractivity contribution in [1.29, 1.82) is 0 Å². The third kappa shape index (κ3) is 4.07. The molecular formula is C20H21N3O4S. The minimum atomic E-state index is -3.45. The molecule has 1 aromatic heterocycles. The molecule has 0 unspecified atom stereocenters. The summed E-state index contributed by atoms with van der Waals surface area (Å²) < 4.78 is 37.8. The zero-order chi connectivity index (χ0) is 19.4. The molecule has 0 spiro atoms. The first kappa shape index (κ1) is 18.6. The molecule has 0 amide bonds. The van der Waals surface area contributed by atoms with E-state index in [0.717, 1.165) is 25.0 Å². The second kappa shape index (κ2) is 8.12. The van der Waals surface area contributed by atoms with Crippen LogP contribution in [-0.2, 0) is 16.6 Å².